The van der Waals surface area contributed by atoms with Gasteiger partial charge in [-0.25, -0.2) is 9.37 Å². The number of rotatable bonds is 4. The van der Waals surface area contributed by atoms with Crippen LogP contribution in [0, 0.1) is 5.82 Å². The number of pyridine rings is 1. The van der Waals surface area contributed by atoms with Crippen molar-refractivity contribution in [2.24, 2.45) is 0 Å². The molecule has 0 fully saturated rings. The van der Waals surface area contributed by atoms with Crippen LogP contribution in [0.5, 0.6) is 11.5 Å². The number of nitrogen functional groups attached to an aromatic ring is 1. The van der Waals surface area contributed by atoms with Crippen LogP contribution in [0.25, 0.3) is 11.0 Å². The molecular weight excluding hydrogens is 283 g/mol. The van der Waals surface area contributed by atoms with E-state index in [9.17, 15) is 4.39 Å². The summed E-state index contributed by atoms with van der Waals surface area (Å²) in [7, 11) is 3.96. The number of halogens is 1. The molecule has 5 nitrogen and oxygen atoms in total. The van der Waals surface area contributed by atoms with Crippen LogP contribution in [0.2, 0.25) is 0 Å². The van der Waals surface area contributed by atoms with E-state index in [4.69, 9.17) is 10.5 Å². The lowest BCUT2D eigenvalue weighted by atomic mass is 10.2. The number of hydrogen-bond acceptors (Lipinski definition) is 4. The Morgan fingerprint density at radius 2 is 2.09 bits per heavy atom. The molecule has 2 aromatic heterocycles. The van der Waals surface area contributed by atoms with Gasteiger partial charge in [0.25, 0.3) is 0 Å². The number of aromatic amines is 1. The Balaban J connectivity index is 2.04. The first-order valence-electron chi connectivity index (χ1n) is 6.87. The van der Waals surface area contributed by atoms with E-state index in [0.29, 0.717) is 17.1 Å². The zero-order valence-corrected chi connectivity index (χ0v) is 12.4. The number of nitrogens with one attached hydrogen (secondary N) is 1. The van der Waals surface area contributed by atoms with Gasteiger partial charge < -0.3 is 20.4 Å². The molecule has 0 amide bonds. The lowest BCUT2D eigenvalue weighted by molar-refractivity contribution is 0.403. The van der Waals surface area contributed by atoms with Crippen molar-refractivity contribution in [2.45, 2.75) is 6.54 Å². The van der Waals surface area contributed by atoms with Gasteiger partial charge in [0.05, 0.1) is 5.39 Å². The highest BCUT2D eigenvalue weighted by Gasteiger charge is 2.13. The van der Waals surface area contributed by atoms with Crippen LogP contribution in [0.4, 0.5) is 10.1 Å². The molecule has 0 aliphatic carbocycles. The van der Waals surface area contributed by atoms with E-state index in [1.165, 1.54) is 12.1 Å². The number of hydrogen-bond donors (Lipinski definition) is 2. The van der Waals surface area contributed by atoms with Crippen molar-refractivity contribution in [3.8, 4) is 11.5 Å². The Morgan fingerprint density at radius 1 is 1.27 bits per heavy atom. The molecule has 3 rings (SSSR count). The van der Waals surface area contributed by atoms with Crippen molar-refractivity contribution < 1.29 is 9.13 Å². The van der Waals surface area contributed by atoms with Crippen LogP contribution in [0.1, 0.15) is 5.56 Å². The quantitative estimate of drug-likeness (QED) is 0.726. The van der Waals surface area contributed by atoms with E-state index in [2.05, 4.69) is 9.97 Å². The molecule has 2 heterocycles. The molecule has 0 atom stereocenters. The largest absolute Gasteiger partial charge is 0.453 e. The first-order chi connectivity index (χ1) is 10.5. The van der Waals surface area contributed by atoms with Gasteiger partial charge in [0.1, 0.15) is 11.4 Å². The summed E-state index contributed by atoms with van der Waals surface area (Å²) in [5.41, 5.74) is 7.67. The van der Waals surface area contributed by atoms with Gasteiger partial charge in [-0.2, -0.15) is 0 Å². The van der Waals surface area contributed by atoms with Crippen LogP contribution in [0.3, 0.4) is 0 Å². The summed E-state index contributed by atoms with van der Waals surface area (Å²) >= 11 is 0. The van der Waals surface area contributed by atoms with Gasteiger partial charge in [-0.05, 0) is 37.9 Å². The average molecular weight is 300 g/mol. The number of aromatic nitrogens is 2. The van der Waals surface area contributed by atoms with Crippen LogP contribution < -0.4 is 10.5 Å². The van der Waals surface area contributed by atoms with Crippen molar-refractivity contribution >= 4 is 16.7 Å². The van der Waals surface area contributed by atoms with E-state index >= 15 is 0 Å². The molecule has 1 aromatic carbocycles. The topological polar surface area (TPSA) is 67.2 Å². The lowest BCUT2D eigenvalue weighted by Gasteiger charge is -2.11. The van der Waals surface area contributed by atoms with E-state index in [1.807, 2.05) is 25.2 Å². The first-order valence-corrected chi connectivity index (χ1v) is 6.87. The van der Waals surface area contributed by atoms with Crippen molar-refractivity contribution in [3.63, 3.8) is 0 Å². The Kier molecular flexibility index (Phi) is 3.68. The van der Waals surface area contributed by atoms with Crippen molar-refractivity contribution in [1.29, 1.82) is 0 Å². The first kappa shape index (κ1) is 14.3. The Labute approximate surface area is 127 Å². The molecule has 3 aromatic rings. The molecule has 0 saturated heterocycles. The molecule has 0 saturated carbocycles. The minimum atomic E-state index is -0.491. The second-order valence-electron chi connectivity index (χ2n) is 5.38. The second kappa shape index (κ2) is 5.65. The van der Waals surface area contributed by atoms with Gasteiger partial charge in [0, 0.05) is 30.7 Å². The fourth-order valence-corrected chi connectivity index (χ4v) is 2.36. The number of ether oxygens (including phenoxy) is 1. The monoisotopic (exact) mass is 300 g/mol. The highest BCUT2D eigenvalue weighted by molar-refractivity contribution is 5.86. The zero-order chi connectivity index (χ0) is 15.7. The van der Waals surface area contributed by atoms with E-state index in [1.54, 1.807) is 18.3 Å². The molecule has 0 bridgehead atoms. The smallest absolute Gasteiger partial charge is 0.167 e. The number of nitrogens with two attached hydrogens (primary N) is 1. The van der Waals surface area contributed by atoms with Gasteiger partial charge in [-0.15, -0.1) is 0 Å². The molecule has 0 aliphatic rings. The number of nitrogens with zero attached hydrogens (tertiary/aromatic N) is 2. The summed E-state index contributed by atoms with van der Waals surface area (Å²) in [6.07, 6.45) is 3.52. The van der Waals surface area contributed by atoms with Gasteiger partial charge in [0.15, 0.2) is 11.6 Å². The molecule has 0 aliphatic heterocycles. The van der Waals surface area contributed by atoms with Crippen molar-refractivity contribution in [3.05, 3.63) is 48.0 Å². The summed E-state index contributed by atoms with van der Waals surface area (Å²) in [5, 5.41) is 0.854. The summed E-state index contributed by atoms with van der Waals surface area (Å²) in [5.74, 6) is 0.208. The minimum absolute atomic E-state index is 0.138. The van der Waals surface area contributed by atoms with Crippen molar-refractivity contribution in [2.75, 3.05) is 19.8 Å². The highest BCUT2D eigenvalue weighted by Crippen LogP contribution is 2.33. The minimum Gasteiger partial charge on any atom is -0.453 e. The van der Waals surface area contributed by atoms with Crippen LogP contribution >= 0.6 is 0 Å². The second-order valence-corrected chi connectivity index (χ2v) is 5.38. The van der Waals surface area contributed by atoms with Crippen LogP contribution in [-0.2, 0) is 6.54 Å². The van der Waals surface area contributed by atoms with E-state index in [-0.39, 0.29) is 5.75 Å². The van der Waals surface area contributed by atoms with Gasteiger partial charge >= 0.3 is 0 Å². The summed E-state index contributed by atoms with van der Waals surface area (Å²) < 4.78 is 19.7. The summed E-state index contributed by atoms with van der Waals surface area (Å²) in [6, 6.07) is 6.10. The maximum absolute atomic E-state index is 13.9. The number of H-pyrrole nitrogens is 1. The number of fused-ring (bicyclic) bond motifs is 1. The summed E-state index contributed by atoms with van der Waals surface area (Å²) in [4.78, 5) is 9.44. The van der Waals surface area contributed by atoms with E-state index < -0.39 is 5.82 Å². The predicted molar refractivity (Wildman–Crippen MR) is 84.4 cm³/mol. The summed E-state index contributed by atoms with van der Waals surface area (Å²) in [6.45, 7) is 0.728. The third-order valence-corrected chi connectivity index (χ3v) is 3.28. The molecule has 6 heteroatoms. The van der Waals surface area contributed by atoms with Gasteiger partial charge in [-0.3, -0.25) is 0 Å². The third-order valence-electron chi connectivity index (χ3n) is 3.28. The van der Waals surface area contributed by atoms with Crippen LogP contribution in [-0.4, -0.2) is 29.0 Å². The maximum Gasteiger partial charge on any atom is 0.167 e. The fraction of sp³-hybridized carbons (Fsp3) is 0.188. The third kappa shape index (κ3) is 2.73. The van der Waals surface area contributed by atoms with E-state index in [0.717, 1.165) is 17.5 Å². The van der Waals surface area contributed by atoms with Gasteiger partial charge in [0.2, 0.25) is 0 Å². The fourth-order valence-electron chi connectivity index (χ4n) is 2.36. The molecule has 3 N–H and O–H groups in total. The molecular formula is C16H17FN4O. The Morgan fingerprint density at radius 3 is 2.82 bits per heavy atom. The van der Waals surface area contributed by atoms with Crippen LogP contribution in [0.15, 0.2) is 36.7 Å². The normalized spacial score (nSPS) is 11.3. The average Bonchev–Trinajstić information content (AvgIpc) is 2.85. The predicted octanol–water partition coefficient (Wildman–Crippen LogP) is 3.14. The number of anilines is 1. The van der Waals surface area contributed by atoms with Crippen molar-refractivity contribution in [1.82, 2.24) is 14.9 Å². The Bertz CT molecular complexity index is 813. The molecule has 0 radical (unpaired) electrons. The molecule has 0 unspecified atom stereocenters. The van der Waals surface area contributed by atoms with Gasteiger partial charge in [-0.1, -0.05) is 0 Å². The standard InChI is InChI=1S/C16H17FN4O/c1-21(2)9-10-8-20-16-15(10)14(5-6-19-16)22-13-4-3-11(18)7-12(13)17/h3-8H,9,18H2,1-2H3,(H,19,20). The SMILES string of the molecule is CN(C)Cc1c[nH]c2nccc(Oc3ccc(N)cc3F)c12. The lowest BCUT2D eigenvalue weighted by Crippen LogP contribution is -2.10. The zero-order valence-electron chi connectivity index (χ0n) is 12.4. The molecule has 114 valence electrons. The molecule has 0 spiro atoms. The Hall–Kier alpha value is -2.60. The number of benzene rings is 1. The maximum atomic E-state index is 13.9. The molecule has 22 heavy (non-hydrogen) atoms. The highest BCUT2D eigenvalue weighted by atomic mass is 19.1.